The number of fused-ring (bicyclic) bond motifs is 3. The number of hydrogen-bond donors (Lipinski definition) is 2. The molecular formula is C23H26N2O5. The number of ether oxygens (including phenoxy) is 1. The van der Waals surface area contributed by atoms with Crippen LogP contribution in [0.25, 0.3) is 11.1 Å². The highest BCUT2D eigenvalue weighted by Gasteiger charge is 2.30. The van der Waals surface area contributed by atoms with E-state index in [1.165, 1.54) is 11.9 Å². The summed E-state index contributed by atoms with van der Waals surface area (Å²) in [5, 5.41) is 11.4. The van der Waals surface area contributed by atoms with Crippen molar-refractivity contribution in [3.63, 3.8) is 0 Å². The summed E-state index contributed by atoms with van der Waals surface area (Å²) in [7, 11) is 1.52. The van der Waals surface area contributed by atoms with Crippen LogP contribution in [0, 0.1) is 0 Å². The van der Waals surface area contributed by atoms with E-state index in [0.717, 1.165) is 22.3 Å². The van der Waals surface area contributed by atoms with Crippen molar-refractivity contribution in [3.05, 3.63) is 59.7 Å². The number of amides is 2. The van der Waals surface area contributed by atoms with Gasteiger partial charge in [0.25, 0.3) is 0 Å². The number of alkyl carbamates (subject to hydrolysis) is 1. The molecule has 158 valence electrons. The van der Waals surface area contributed by atoms with E-state index in [1.807, 2.05) is 36.4 Å². The minimum absolute atomic E-state index is 0.0582. The highest BCUT2D eigenvalue weighted by Crippen LogP contribution is 2.44. The summed E-state index contributed by atoms with van der Waals surface area (Å²) in [4.78, 5) is 36.9. The van der Waals surface area contributed by atoms with Crippen LogP contribution in [0.2, 0.25) is 0 Å². The van der Waals surface area contributed by atoms with E-state index in [9.17, 15) is 14.4 Å². The molecule has 0 saturated heterocycles. The molecule has 7 nitrogen and oxygen atoms in total. The van der Waals surface area contributed by atoms with Crippen LogP contribution in [-0.2, 0) is 14.3 Å². The van der Waals surface area contributed by atoms with E-state index in [2.05, 4.69) is 17.4 Å². The van der Waals surface area contributed by atoms with Crippen molar-refractivity contribution in [2.45, 2.75) is 31.7 Å². The van der Waals surface area contributed by atoms with Gasteiger partial charge in [-0.25, -0.2) is 4.79 Å². The first-order chi connectivity index (χ1) is 14.4. The van der Waals surface area contributed by atoms with Gasteiger partial charge in [-0.1, -0.05) is 55.5 Å². The second kappa shape index (κ2) is 9.43. The van der Waals surface area contributed by atoms with Gasteiger partial charge in [-0.15, -0.1) is 0 Å². The number of benzene rings is 2. The smallest absolute Gasteiger partial charge is 0.407 e. The number of carboxylic acids is 1. The van der Waals surface area contributed by atoms with Crippen molar-refractivity contribution in [2.24, 2.45) is 0 Å². The fourth-order valence-electron chi connectivity index (χ4n) is 3.76. The van der Waals surface area contributed by atoms with Crippen LogP contribution in [0.4, 0.5) is 4.79 Å². The molecule has 0 radical (unpaired) electrons. The Bertz CT molecular complexity index is 897. The molecule has 1 atom stereocenters. The van der Waals surface area contributed by atoms with Gasteiger partial charge in [0.15, 0.2) is 0 Å². The van der Waals surface area contributed by atoms with E-state index < -0.39 is 18.1 Å². The topological polar surface area (TPSA) is 95.9 Å². The number of carboxylic acid groups (broad SMARTS) is 1. The van der Waals surface area contributed by atoms with Gasteiger partial charge in [0.05, 0.1) is 6.42 Å². The van der Waals surface area contributed by atoms with Crippen molar-refractivity contribution in [3.8, 4) is 11.1 Å². The van der Waals surface area contributed by atoms with Crippen LogP contribution < -0.4 is 5.32 Å². The predicted octanol–water partition coefficient (Wildman–Crippen LogP) is 3.24. The number of carbonyl (C=O) groups excluding carboxylic acids is 2. The monoisotopic (exact) mass is 410 g/mol. The van der Waals surface area contributed by atoms with E-state index >= 15 is 0 Å². The average molecular weight is 410 g/mol. The number of nitrogens with zero attached hydrogens (tertiary/aromatic N) is 1. The van der Waals surface area contributed by atoms with E-state index in [1.54, 1.807) is 6.92 Å². The summed E-state index contributed by atoms with van der Waals surface area (Å²) in [6.07, 6.45) is -0.437. The fourth-order valence-corrected chi connectivity index (χ4v) is 3.76. The summed E-state index contributed by atoms with van der Waals surface area (Å²) in [6.45, 7) is 2.02. The lowest BCUT2D eigenvalue weighted by Gasteiger charge is -2.23. The van der Waals surface area contributed by atoms with Gasteiger partial charge < -0.3 is 20.1 Å². The second-order valence-electron chi connectivity index (χ2n) is 7.33. The first-order valence-electron chi connectivity index (χ1n) is 10.0. The normalized spacial score (nSPS) is 13.1. The summed E-state index contributed by atoms with van der Waals surface area (Å²) in [6, 6.07) is 15.4. The molecule has 2 N–H and O–H groups in total. The third-order valence-electron chi connectivity index (χ3n) is 5.38. The minimum Gasteiger partial charge on any atom is -0.481 e. The molecule has 0 saturated carbocycles. The molecule has 2 aromatic carbocycles. The Hall–Kier alpha value is -3.35. The fraction of sp³-hybridized carbons (Fsp3) is 0.348. The Morgan fingerprint density at radius 1 is 1.07 bits per heavy atom. The molecule has 30 heavy (non-hydrogen) atoms. The Balaban J connectivity index is 1.61. The van der Waals surface area contributed by atoms with Crippen molar-refractivity contribution in [1.82, 2.24) is 10.2 Å². The minimum atomic E-state index is -0.979. The average Bonchev–Trinajstić information content (AvgIpc) is 3.07. The van der Waals surface area contributed by atoms with Gasteiger partial charge in [-0.05, 0) is 28.7 Å². The SMILES string of the molecule is CC[C@@H](NC(=O)OCC1c2ccccc2-c2ccccc21)C(=O)N(C)CCC(=O)O. The van der Waals surface area contributed by atoms with E-state index in [0.29, 0.717) is 6.42 Å². The highest BCUT2D eigenvalue weighted by molar-refractivity contribution is 5.86. The largest absolute Gasteiger partial charge is 0.481 e. The number of hydrogen-bond acceptors (Lipinski definition) is 4. The van der Waals surface area contributed by atoms with Gasteiger partial charge in [-0.2, -0.15) is 0 Å². The zero-order chi connectivity index (χ0) is 21.7. The first-order valence-corrected chi connectivity index (χ1v) is 10.0. The number of carbonyl (C=O) groups is 3. The highest BCUT2D eigenvalue weighted by atomic mass is 16.5. The molecule has 1 aliphatic carbocycles. The Morgan fingerprint density at radius 3 is 2.17 bits per heavy atom. The van der Waals surface area contributed by atoms with Crippen molar-refractivity contribution in [2.75, 3.05) is 20.2 Å². The first kappa shape index (κ1) is 21.4. The van der Waals surface area contributed by atoms with Crippen LogP contribution >= 0.6 is 0 Å². The van der Waals surface area contributed by atoms with Crippen molar-refractivity contribution in [1.29, 1.82) is 0 Å². The lowest BCUT2D eigenvalue weighted by Crippen LogP contribution is -2.47. The van der Waals surface area contributed by atoms with Gasteiger partial charge in [0.2, 0.25) is 5.91 Å². The van der Waals surface area contributed by atoms with E-state index in [-0.39, 0.29) is 31.4 Å². The molecule has 7 heteroatoms. The number of rotatable bonds is 8. The second-order valence-corrected chi connectivity index (χ2v) is 7.33. The summed E-state index contributed by atoms with van der Waals surface area (Å²) in [5.41, 5.74) is 4.51. The number of nitrogens with one attached hydrogen (secondary N) is 1. The summed E-state index contributed by atoms with van der Waals surface area (Å²) < 4.78 is 5.49. The lowest BCUT2D eigenvalue weighted by atomic mass is 9.98. The molecular weight excluding hydrogens is 384 g/mol. The third kappa shape index (κ3) is 4.62. The molecule has 0 heterocycles. The van der Waals surface area contributed by atoms with Gasteiger partial charge in [-0.3, -0.25) is 9.59 Å². The quantitative estimate of drug-likeness (QED) is 0.697. The molecule has 0 bridgehead atoms. The van der Waals surface area contributed by atoms with Gasteiger partial charge in [0.1, 0.15) is 12.6 Å². The Morgan fingerprint density at radius 2 is 1.63 bits per heavy atom. The van der Waals surface area contributed by atoms with Gasteiger partial charge >= 0.3 is 12.1 Å². The van der Waals surface area contributed by atoms with Crippen LogP contribution in [-0.4, -0.2) is 54.2 Å². The summed E-state index contributed by atoms with van der Waals surface area (Å²) >= 11 is 0. The molecule has 0 aliphatic heterocycles. The third-order valence-corrected chi connectivity index (χ3v) is 5.38. The standard InChI is InChI=1S/C23H26N2O5/c1-3-20(22(28)25(2)13-12-21(26)27)24-23(29)30-14-19-17-10-6-4-8-15(17)16-9-5-7-11-18(16)19/h4-11,19-20H,3,12-14H2,1-2H3,(H,24,29)(H,26,27)/t20-/m1/s1. The number of aliphatic carboxylic acids is 1. The maximum absolute atomic E-state index is 12.5. The van der Waals surface area contributed by atoms with Crippen LogP contribution in [0.3, 0.4) is 0 Å². The maximum atomic E-state index is 12.5. The molecule has 2 amide bonds. The molecule has 0 spiro atoms. The zero-order valence-corrected chi connectivity index (χ0v) is 17.1. The van der Waals surface area contributed by atoms with Crippen LogP contribution in [0.5, 0.6) is 0 Å². The molecule has 2 aromatic rings. The lowest BCUT2D eigenvalue weighted by molar-refractivity contribution is -0.138. The van der Waals surface area contributed by atoms with Crippen LogP contribution in [0.15, 0.2) is 48.5 Å². The number of likely N-dealkylation sites (N-methyl/N-ethyl adjacent to an activating group) is 1. The van der Waals surface area contributed by atoms with Crippen molar-refractivity contribution >= 4 is 18.0 Å². The predicted molar refractivity (Wildman–Crippen MR) is 112 cm³/mol. The van der Waals surface area contributed by atoms with Gasteiger partial charge in [0, 0.05) is 19.5 Å². The molecule has 0 unspecified atom stereocenters. The molecule has 1 aliphatic rings. The molecule has 0 fully saturated rings. The molecule has 3 rings (SSSR count). The Kier molecular flexibility index (Phi) is 6.72. The van der Waals surface area contributed by atoms with Crippen molar-refractivity contribution < 1.29 is 24.2 Å². The zero-order valence-electron chi connectivity index (χ0n) is 17.1. The maximum Gasteiger partial charge on any atom is 0.407 e. The molecule has 0 aromatic heterocycles. The summed E-state index contributed by atoms with van der Waals surface area (Å²) in [5.74, 6) is -1.38. The Labute approximate surface area is 175 Å². The van der Waals surface area contributed by atoms with E-state index in [4.69, 9.17) is 9.84 Å². The van der Waals surface area contributed by atoms with Crippen LogP contribution in [0.1, 0.15) is 36.8 Å².